The third-order valence-electron chi connectivity index (χ3n) is 4.38. The van der Waals surface area contributed by atoms with Crippen LogP contribution in [0, 0.1) is 18.3 Å². The number of aliphatic hydroxyl groups is 1. The average Bonchev–Trinajstić information content (AvgIpc) is 2.63. The second kappa shape index (κ2) is 8.35. The van der Waals surface area contributed by atoms with Gasteiger partial charge in [0.15, 0.2) is 10.9 Å². The number of nitrogens with one attached hydrogen (secondary N) is 4. The maximum atomic E-state index is 12.1. The second-order valence-electron chi connectivity index (χ2n) is 6.61. The van der Waals surface area contributed by atoms with Crippen molar-refractivity contribution in [3.05, 3.63) is 39.8 Å². The molecule has 28 heavy (non-hydrogen) atoms. The molecule has 146 valence electrons. The van der Waals surface area contributed by atoms with Crippen LogP contribution in [0.1, 0.15) is 17.5 Å². The molecule has 0 unspecified atom stereocenters. The quantitative estimate of drug-likeness (QED) is 0.401. The Kier molecular flexibility index (Phi) is 5.89. The maximum absolute atomic E-state index is 12.1. The van der Waals surface area contributed by atoms with Gasteiger partial charge in [0.2, 0.25) is 0 Å². The Hall–Kier alpha value is -3.00. The van der Waals surface area contributed by atoms with Gasteiger partial charge in [0.1, 0.15) is 5.75 Å². The lowest BCUT2D eigenvalue weighted by molar-refractivity contribution is 0.129. The molecule has 10 heteroatoms. The van der Waals surface area contributed by atoms with E-state index in [0.29, 0.717) is 41.9 Å². The van der Waals surface area contributed by atoms with Gasteiger partial charge < -0.3 is 31.1 Å². The number of phenols is 1. The monoisotopic (exact) mass is 400 g/mol. The summed E-state index contributed by atoms with van der Waals surface area (Å²) in [5.41, 5.74) is 1.25. The number of anilines is 1. The number of aliphatic hydroxyl groups excluding tert-OH is 1. The number of hydrogen-bond donors (Lipinski definition) is 6. The molecule has 3 rings (SSSR count). The zero-order valence-electron chi connectivity index (χ0n) is 15.1. The lowest BCUT2D eigenvalue weighted by atomic mass is 10.0. The van der Waals surface area contributed by atoms with Crippen molar-refractivity contribution in [3.8, 4) is 23.1 Å². The number of benzene rings is 1. The molecule has 9 nitrogen and oxygen atoms in total. The molecule has 1 aromatic heterocycles. The first-order valence-corrected chi connectivity index (χ1v) is 9.08. The van der Waals surface area contributed by atoms with Crippen LogP contribution in [0.2, 0.25) is 0 Å². The number of hydrogen-bond acceptors (Lipinski definition) is 7. The number of thiocarbonyl (C=S) groups is 1. The van der Waals surface area contributed by atoms with Crippen molar-refractivity contribution in [2.24, 2.45) is 0 Å². The van der Waals surface area contributed by atoms with E-state index in [1.165, 1.54) is 12.3 Å². The highest BCUT2D eigenvalue weighted by Crippen LogP contribution is 2.32. The van der Waals surface area contributed by atoms with E-state index in [1.54, 1.807) is 13.0 Å². The van der Waals surface area contributed by atoms with Gasteiger partial charge in [-0.3, -0.25) is 4.79 Å². The first-order valence-electron chi connectivity index (χ1n) is 8.67. The van der Waals surface area contributed by atoms with Crippen molar-refractivity contribution in [3.63, 3.8) is 0 Å². The Morgan fingerprint density at radius 2 is 2.21 bits per heavy atom. The fourth-order valence-corrected chi connectivity index (χ4v) is 3.41. The predicted molar refractivity (Wildman–Crippen MR) is 108 cm³/mol. The summed E-state index contributed by atoms with van der Waals surface area (Å²) >= 11 is 5.25. The number of nitriles is 1. The lowest BCUT2D eigenvalue weighted by Crippen LogP contribution is -2.51. The van der Waals surface area contributed by atoms with E-state index in [-0.39, 0.29) is 22.7 Å². The number of phenolic OH excluding ortho intramolecular Hbond substituents is 1. The number of H-pyrrole nitrogens is 1. The fourth-order valence-electron chi connectivity index (χ4n) is 3.14. The lowest BCUT2D eigenvalue weighted by Gasteiger charge is -2.28. The highest BCUT2D eigenvalue weighted by molar-refractivity contribution is 7.80. The summed E-state index contributed by atoms with van der Waals surface area (Å²) in [6.45, 7) is 2.92. The van der Waals surface area contributed by atoms with E-state index in [1.807, 2.05) is 6.07 Å². The molecule has 2 heterocycles. The molecule has 0 saturated carbocycles. The summed E-state index contributed by atoms with van der Waals surface area (Å²) in [6.07, 6.45) is 1.47. The highest BCUT2D eigenvalue weighted by atomic mass is 32.1. The van der Waals surface area contributed by atoms with E-state index in [4.69, 9.17) is 17.5 Å². The molecule has 1 aliphatic heterocycles. The van der Waals surface area contributed by atoms with Crippen LogP contribution >= 0.6 is 12.2 Å². The van der Waals surface area contributed by atoms with Gasteiger partial charge in [-0.1, -0.05) is 0 Å². The first kappa shape index (κ1) is 19.8. The molecule has 0 spiro atoms. The van der Waals surface area contributed by atoms with Crippen LogP contribution in [0.3, 0.4) is 0 Å². The molecule has 6 N–H and O–H groups in total. The van der Waals surface area contributed by atoms with E-state index in [0.717, 1.165) is 0 Å². The Bertz CT molecular complexity index is 977. The average molecular weight is 400 g/mol. The van der Waals surface area contributed by atoms with Crippen LogP contribution in [0.15, 0.2) is 23.1 Å². The number of β-amino-alcohol motifs (C(OH)–C–C–N with tert-alkyl or cyclic N) is 1. The zero-order valence-corrected chi connectivity index (χ0v) is 15.9. The highest BCUT2D eigenvalue weighted by Gasteiger charge is 2.21. The first-order chi connectivity index (χ1) is 13.4. The van der Waals surface area contributed by atoms with Gasteiger partial charge in [-0.05, 0) is 43.3 Å². The number of aromatic hydroxyl groups is 1. The molecule has 2 aromatic rings. The third kappa shape index (κ3) is 4.45. The molecule has 2 atom stereocenters. The normalized spacial score (nSPS) is 18.9. The summed E-state index contributed by atoms with van der Waals surface area (Å²) in [6, 6.07) is 4.87. The van der Waals surface area contributed by atoms with Crippen molar-refractivity contribution >= 4 is 23.1 Å². The van der Waals surface area contributed by atoms with Crippen LogP contribution in [-0.2, 0) is 0 Å². The number of piperidine rings is 1. The molecule has 1 aliphatic rings. The van der Waals surface area contributed by atoms with Crippen molar-refractivity contribution < 1.29 is 10.2 Å². The van der Waals surface area contributed by atoms with Gasteiger partial charge in [0.25, 0.3) is 5.56 Å². The third-order valence-corrected chi connectivity index (χ3v) is 4.60. The minimum Gasteiger partial charge on any atom is -0.507 e. The maximum Gasteiger partial charge on any atom is 0.291 e. The van der Waals surface area contributed by atoms with Crippen LogP contribution in [0.5, 0.6) is 5.75 Å². The van der Waals surface area contributed by atoms with Crippen molar-refractivity contribution in [2.45, 2.75) is 25.5 Å². The Morgan fingerprint density at radius 3 is 2.89 bits per heavy atom. The number of aromatic amines is 1. The van der Waals surface area contributed by atoms with Crippen LogP contribution < -0.4 is 21.5 Å². The van der Waals surface area contributed by atoms with Crippen LogP contribution in [-0.4, -0.2) is 50.5 Å². The predicted octanol–water partition coefficient (Wildman–Crippen LogP) is 0.332. The minimum absolute atomic E-state index is 0.0255. The van der Waals surface area contributed by atoms with E-state index in [2.05, 4.69) is 25.9 Å². The SMILES string of the molecule is Cc1cc(C#N)cc(O)c1-c1c[nH]c(=O)c(NC(=S)N[C@H]2CNC[C@@H](O)C2)n1. The van der Waals surface area contributed by atoms with Crippen LogP contribution in [0.25, 0.3) is 11.3 Å². The van der Waals surface area contributed by atoms with Gasteiger partial charge in [0.05, 0.1) is 23.4 Å². The van der Waals surface area contributed by atoms with E-state index >= 15 is 0 Å². The fraction of sp³-hybridized carbons (Fsp3) is 0.333. The van der Waals surface area contributed by atoms with E-state index < -0.39 is 11.7 Å². The van der Waals surface area contributed by atoms with E-state index in [9.17, 15) is 15.0 Å². The molecule has 0 radical (unpaired) electrons. The van der Waals surface area contributed by atoms with Crippen molar-refractivity contribution in [1.29, 1.82) is 5.26 Å². The Labute approximate surface area is 166 Å². The molecule has 0 amide bonds. The number of aryl methyl sites for hydroxylation is 1. The standard InChI is InChI=1S/C18H20N6O3S/c1-9-2-10(5-19)3-14(26)15(9)13-8-21-17(27)16(23-13)24-18(28)22-11-4-12(25)7-20-6-11/h2-3,8,11-12,20,25-26H,4,6-7H2,1H3,(H,21,27)(H2,22,23,24,28)/t11-,12+/m1/s1. The van der Waals surface area contributed by atoms with Crippen molar-refractivity contribution in [1.82, 2.24) is 20.6 Å². The van der Waals surface area contributed by atoms with Gasteiger partial charge in [-0.15, -0.1) is 0 Å². The second-order valence-corrected chi connectivity index (χ2v) is 7.01. The molecular weight excluding hydrogens is 380 g/mol. The van der Waals surface area contributed by atoms with Crippen LogP contribution in [0.4, 0.5) is 5.82 Å². The van der Waals surface area contributed by atoms with Gasteiger partial charge in [-0.25, -0.2) is 4.98 Å². The summed E-state index contributed by atoms with van der Waals surface area (Å²) in [4.78, 5) is 19.0. The molecule has 1 fully saturated rings. The molecule has 0 bridgehead atoms. The molecular formula is C18H20N6O3S. The Morgan fingerprint density at radius 1 is 1.43 bits per heavy atom. The summed E-state index contributed by atoms with van der Waals surface area (Å²) < 4.78 is 0. The number of nitrogens with zero attached hydrogens (tertiary/aromatic N) is 2. The smallest absolute Gasteiger partial charge is 0.291 e. The van der Waals surface area contributed by atoms with Gasteiger partial charge in [0, 0.05) is 30.9 Å². The van der Waals surface area contributed by atoms with Crippen molar-refractivity contribution in [2.75, 3.05) is 18.4 Å². The minimum atomic E-state index is -0.472. The summed E-state index contributed by atoms with van der Waals surface area (Å²) in [7, 11) is 0. The van der Waals surface area contributed by atoms with Gasteiger partial charge in [-0.2, -0.15) is 5.26 Å². The Balaban J connectivity index is 1.82. The zero-order chi connectivity index (χ0) is 20.3. The molecule has 0 aliphatic carbocycles. The number of aromatic nitrogens is 2. The largest absolute Gasteiger partial charge is 0.507 e. The molecule has 1 saturated heterocycles. The summed E-state index contributed by atoms with van der Waals surface area (Å²) in [5, 5.41) is 38.1. The van der Waals surface area contributed by atoms with Gasteiger partial charge >= 0.3 is 0 Å². The molecule has 1 aromatic carbocycles. The topological polar surface area (TPSA) is 146 Å². The number of rotatable bonds is 3. The summed E-state index contributed by atoms with van der Waals surface area (Å²) in [5.74, 6) is -0.132.